The van der Waals surface area contributed by atoms with Crippen LogP contribution >= 0.6 is 0 Å². The quantitative estimate of drug-likeness (QED) is 0.536. The maximum Gasteiger partial charge on any atom is 0.243 e. The first kappa shape index (κ1) is 24.5. The van der Waals surface area contributed by atoms with E-state index in [-0.39, 0.29) is 36.6 Å². The van der Waals surface area contributed by atoms with Crippen molar-refractivity contribution >= 4 is 17.5 Å². The Morgan fingerprint density at radius 1 is 1.11 bits per heavy atom. The molecule has 9 heteroatoms. The van der Waals surface area contributed by atoms with Gasteiger partial charge in [0.25, 0.3) is 0 Å². The van der Waals surface area contributed by atoms with Crippen LogP contribution in [0.25, 0.3) is 11.4 Å². The van der Waals surface area contributed by atoms with Crippen molar-refractivity contribution in [3.8, 4) is 11.4 Å². The van der Waals surface area contributed by atoms with E-state index >= 15 is 0 Å². The molecule has 1 aliphatic rings. The molecule has 0 saturated carbocycles. The second-order valence-corrected chi connectivity index (χ2v) is 9.14. The van der Waals surface area contributed by atoms with Gasteiger partial charge in [0.15, 0.2) is 0 Å². The van der Waals surface area contributed by atoms with Gasteiger partial charge in [0.05, 0.1) is 19.0 Å². The fourth-order valence-corrected chi connectivity index (χ4v) is 4.52. The lowest BCUT2D eigenvalue weighted by molar-refractivity contribution is -0.125. The number of hydrogen-bond acceptors (Lipinski definition) is 6. The molecule has 0 bridgehead atoms. The van der Waals surface area contributed by atoms with E-state index in [4.69, 9.17) is 4.52 Å². The molecule has 2 heterocycles. The van der Waals surface area contributed by atoms with E-state index in [9.17, 15) is 14.0 Å². The van der Waals surface area contributed by atoms with Crippen LogP contribution in [-0.2, 0) is 9.59 Å². The molecule has 184 valence electrons. The number of anilines is 1. The minimum absolute atomic E-state index is 0.00837. The maximum atomic E-state index is 13.2. The zero-order chi connectivity index (χ0) is 24.9. The molecular weight excluding hydrogens is 449 g/mol. The molecule has 1 aliphatic heterocycles. The average Bonchev–Trinajstić information content (AvgIpc) is 3.31. The number of aryl methyl sites for hydroxylation is 3. The van der Waals surface area contributed by atoms with Gasteiger partial charge in [0, 0.05) is 17.8 Å². The molecular formula is C26H30FN5O3. The molecule has 0 radical (unpaired) electrons. The Morgan fingerprint density at radius 3 is 2.54 bits per heavy atom. The fraction of sp³-hybridized carbons (Fsp3) is 0.385. The SMILES string of the molecule is Cc1cc(C)c(NC(=O)CNC(=O)CN2CCCC(c3nc(-c4ccc(F)cc4)no3)C2)c(C)c1. The summed E-state index contributed by atoms with van der Waals surface area (Å²) in [6.45, 7) is 7.39. The van der Waals surface area contributed by atoms with Gasteiger partial charge in [0.1, 0.15) is 5.82 Å². The van der Waals surface area contributed by atoms with Crippen molar-refractivity contribution in [3.05, 3.63) is 64.8 Å². The van der Waals surface area contributed by atoms with Crippen molar-refractivity contribution in [2.24, 2.45) is 0 Å². The summed E-state index contributed by atoms with van der Waals surface area (Å²) < 4.78 is 18.6. The number of amides is 2. The number of aromatic nitrogens is 2. The molecule has 2 amide bonds. The van der Waals surface area contributed by atoms with E-state index in [1.54, 1.807) is 12.1 Å². The second-order valence-electron chi connectivity index (χ2n) is 9.14. The Bertz CT molecular complexity index is 1180. The Balaban J connectivity index is 1.27. The fourth-order valence-electron chi connectivity index (χ4n) is 4.52. The number of likely N-dealkylation sites (tertiary alicyclic amines) is 1. The normalized spacial score (nSPS) is 16.2. The van der Waals surface area contributed by atoms with Crippen molar-refractivity contribution in [2.75, 3.05) is 31.5 Å². The average molecular weight is 480 g/mol. The van der Waals surface area contributed by atoms with Crippen molar-refractivity contribution < 1.29 is 18.5 Å². The van der Waals surface area contributed by atoms with Crippen LogP contribution in [0.2, 0.25) is 0 Å². The van der Waals surface area contributed by atoms with Gasteiger partial charge >= 0.3 is 0 Å². The van der Waals surface area contributed by atoms with Gasteiger partial charge in [-0.05, 0) is 75.5 Å². The van der Waals surface area contributed by atoms with Crippen LogP contribution in [0.1, 0.15) is 41.3 Å². The number of nitrogens with one attached hydrogen (secondary N) is 2. The van der Waals surface area contributed by atoms with Crippen LogP contribution in [0.15, 0.2) is 40.9 Å². The van der Waals surface area contributed by atoms with Crippen LogP contribution in [0.3, 0.4) is 0 Å². The highest BCUT2D eigenvalue weighted by atomic mass is 19.1. The van der Waals surface area contributed by atoms with Gasteiger partial charge in [0.2, 0.25) is 23.5 Å². The van der Waals surface area contributed by atoms with Crippen molar-refractivity contribution in [1.82, 2.24) is 20.4 Å². The molecule has 0 aliphatic carbocycles. The first-order valence-electron chi connectivity index (χ1n) is 11.7. The van der Waals surface area contributed by atoms with Gasteiger partial charge in [-0.3, -0.25) is 14.5 Å². The summed E-state index contributed by atoms with van der Waals surface area (Å²) in [7, 11) is 0. The molecule has 1 unspecified atom stereocenters. The summed E-state index contributed by atoms with van der Waals surface area (Å²) in [6.07, 6.45) is 1.76. The standard InChI is InChI=1S/C26H30FN5O3/c1-16-11-17(2)24(18(3)12-16)29-22(33)13-28-23(34)15-32-10-4-5-20(14-32)26-30-25(31-35-26)19-6-8-21(27)9-7-19/h6-9,11-12,20H,4-5,10,13-15H2,1-3H3,(H,28,34)(H,29,33). The van der Waals surface area contributed by atoms with Crippen LogP contribution < -0.4 is 10.6 Å². The molecule has 2 aromatic carbocycles. The van der Waals surface area contributed by atoms with Crippen molar-refractivity contribution in [1.29, 1.82) is 0 Å². The van der Waals surface area contributed by atoms with Gasteiger partial charge < -0.3 is 15.2 Å². The third-order valence-electron chi connectivity index (χ3n) is 6.15. The van der Waals surface area contributed by atoms with Gasteiger partial charge in [-0.25, -0.2) is 4.39 Å². The monoisotopic (exact) mass is 479 g/mol. The van der Waals surface area contributed by atoms with Gasteiger partial charge in [-0.1, -0.05) is 22.9 Å². The van der Waals surface area contributed by atoms with Crippen molar-refractivity contribution in [2.45, 2.75) is 39.5 Å². The second kappa shape index (κ2) is 10.8. The number of nitrogens with zero attached hydrogens (tertiary/aromatic N) is 3. The Labute approximate surface area is 203 Å². The third kappa shape index (κ3) is 6.30. The molecule has 0 spiro atoms. The first-order chi connectivity index (χ1) is 16.8. The Kier molecular flexibility index (Phi) is 7.55. The number of halogens is 1. The summed E-state index contributed by atoms with van der Waals surface area (Å²) in [5, 5.41) is 9.63. The lowest BCUT2D eigenvalue weighted by Gasteiger charge is -2.30. The summed E-state index contributed by atoms with van der Waals surface area (Å²) in [5.74, 6) is 0.142. The number of hydrogen-bond donors (Lipinski definition) is 2. The maximum absolute atomic E-state index is 13.2. The van der Waals surface area contributed by atoms with Crippen LogP contribution in [0, 0.1) is 26.6 Å². The van der Waals surface area contributed by atoms with Crippen LogP contribution in [-0.4, -0.2) is 53.0 Å². The molecule has 1 fully saturated rings. The van der Waals surface area contributed by atoms with E-state index < -0.39 is 0 Å². The van der Waals surface area contributed by atoms with E-state index in [2.05, 4.69) is 20.8 Å². The topological polar surface area (TPSA) is 100 Å². The van der Waals surface area contributed by atoms with E-state index in [1.165, 1.54) is 12.1 Å². The molecule has 1 atom stereocenters. The molecule has 2 N–H and O–H groups in total. The molecule has 1 aromatic heterocycles. The molecule has 8 nitrogen and oxygen atoms in total. The minimum Gasteiger partial charge on any atom is -0.346 e. The van der Waals surface area contributed by atoms with E-state index in [0.717, 1.165) is 41.8 Å². The highest BCUT2D eigenvalue weighted by Gasteiger charge is 2.27. The molecule has 1 saturated heterocycles. The Hall–Kier alpha value is -3.59. The Morgan fingerprint density at radius 2 is 1.83 bits per heavy atom. The highest BCUT2D eigenvalue weighted by molar-refractivity contribution is 5.96. The number of rotatable bonds is 7. The molecule has 4 rings (SSSR count). The summed E-state index contributed by atoms with van der Waals surface area (Å²) >= 11 is 0. The van der Waals surface area contributed by atoms with E-state index in [0.29, 0.717) is 23.8 Å². The largest absolute Gasteiger partial charge is 0.346 e. The lowest BCUT2D eigenvalue weighted by atomic mass is 9.98. The number of benzene rings is 2. The van der Waals surface area contributed by atoms with E-state index in [1.807, 2.05) is 37.8 Å². The van der Waals surface area contributed by atoms with Crippen LogP contribution in [0.4, 0.5) is 10.1 Å². The summed E-state index contributed by atoms with van der Waals surface area (Å²) in [4.78, 5) is 31.4. The van der Waals surface area contributed by atoms with Crippen molar-refractivity contribution in [3.63, 3.8) is 0 Å². The van der Waals surface area contributed by atoms with Gasteiger partial charge in [-0.15, -0.1) is 0 Å². The lowest BCUT2D eigenvalue weighted by Crippen LogP contribution is -2.43. The smallest absolute Gasteiger partial charge is 0.243 e. The number of piperidine rings is 1. The predicted octanol–water partition coefficient (Wildman–Crippen LogP) is 3.74. The number of carbonyl (C=O) groups is 2. The van der Waals surface area contributed by atoms with Crippen LogP contribution in [0.5, 0.6) is 0 Å². The number of carbonyl (C=O) groups excluding carboxylic acids is 2. The first-order valence-corrected chi connectivity index (χ1v) is 11.7. The highest BCUT2D eigenvalue weighted by Crippen LogP contribution is 2.27. The zero-order valence-corrected chi connectivity index (χ0v) is 20.2. The minimum atomic E-state index is -0.323. The third-order valence-corrected chi connectivity index (χ3v) is 6.15. The molecule has 3 aromatic rings. The molecule has 35 heavy (non-hydrogen) atoms. The summed E-state index contributed by atoms with van der Waals surface area (Å²) in [5.41, 5.74) is 4.59. The predicted molar refractivity (Wildman–Crippen MR) is 130 cm³/mol. The van der Waals surface area contributed by atoms with Gasteiger partial charge in [-0.2, -0.15) is 4.98 Å². The summed E-state index contributed by atoms with van der Waals surface area (Å²) in [6, 6.07) is 9.96. The zero-order valence-electron chi connectivity index (χ0n) is 20.2.